The van der Waals surface area contributed by atoms with Gasteiger partial charge in [-0.3, -0.25) is 5.10 Å². The van der Waals surface area contributed by atoms with E-state index in [2.05, 4.69) is 28.9 Å². The lowest BCUT2D eigenvalue weighted by Gasteiger charge is -2.26. The summed E-state index contributed by atoms with van der Waals surface area (Å²) in [5.74, 6) is 0. The SMILES string of the molecule is CC(C)N(CCN)c1cn[nH]c1. The van der Waals surface area contributed by atoms with Gasteiger partial charge >= 0.3 is 0 Å². The zero-order valence-electron chi connectivity index (χ0n) is 7.62. The lowest BCUT2D eigenvalue weighted by Crippen LogP contribution is -2.35. The first-order valence-corrected chi connectivity index (χ1v) is 4.21. The summed E-state index contributed by atoms with van der Waals surface area (Å²) in [6.45, 7) is 5.83. The molecule has 0 spiro atoms. The van der Waals surface area contributed by atoms with Gasteiger partial charge in [0.05, 0.1) is 11.9 Å². The largest absolute Gasteiger partial charge is 0.365 e. The smallest absolute Gasteiger partial charge is 0.0752 e. The van der Waals surface area contributed by atoms with E-state index in [1.165, 1.54) is 0 Å². The number of aromatic nitrogens is 2. The zero-order chi connectivity index (χ0) is 8.97. The van der Waals surface area contributed by atoms with Crippen LogP contribution in [-0.4, -0.2) is 29.3 Å². The summed E-state index contributed by atoms with van der Waals surface area (Å²) in [6.07, 6.45) is 3.70. The molecule has 1 aromatic heterocycles. The van der Waals surface area contributed by atoms with Crippen LogP contribution in [0.5, 0.6) is 0 Å². The highest BCUT2D eigenvalue weighted by atomic mass is 15.2. The van der Waals surface area contributed by atoms with Gasteiger partial charge in [0.15, 0.2) is 0 Å². The molecular weight excluding hydrogens is 152 g/mol. The van der Waals surface area contributed by atoms with E-state index < -0.39 is 0 Å². The fraction of sp³-hybridized carbons (Fsp3) is 0.625. The number of hydrogen-bond donors (Lipinski definition) is 2. The van der Waals surface area contributed by atoms with Crippen LogP contribution in [0.25, 0.3) is 0 Å². The predicted octanol–water partition coefficient (Wildman–Crippen LogP) is 0.583. The molecule has 0 bridgehead atoms. The Balaban J connectivity index is 2.66. The van der Waals surface area contributed by atoms with Crippen LogP contribution >= 0.6 is 0 Å². The lowest BCUT2D eigenvalue weighted by molar-refractivity contribution is 0.684. The number of nitrogens with two attached hydrogens (primary N) is 1. The Morgan fingerprint density at radius 3 is 2.83 bits per heavy atom. The fourth-order valence-corrected chi connectivity index (χ4v) is 1.23. The van der Waals surface area contributed by atoms with Crippen molar-refractivity contribution in [3.8, 4) is 0 Å². The number of anilines is 1. The van der Waals surface area contributed by atoms with Crippen molar-refractivity contribution in [1.82, 2.24) is 10.2 Å². The van der Waals surface area contributed by atoms with Gasteiger partial charge in [0.25, 0.3) is 0 Å². The number of nitrogens with zero attached hydrogens (tertiary/aromatic N) is 2. The summed E-state index contributed by atoms with van der Waals surface area (Å²) < 4.78 is 0. The van der Waals surface area contributed by atoms with E-state index in [9.17, 15) is 0 Å². The van der Waals surface area contributed by atoms with Crippen LogP contribution in [-0.2, 0) is 0 Å². The minimum atomic E-state index is 0.464. The van der Waals surface area contributed by atoms with Gasteiger partial charge in [0.2, 0.25) is 0 Å². The van der Waals surface area contributed by atoms with E-state index in [0.29, 0.717) is 12.6 Å². The third-order valence-corrected chi connectivity index (χ3v) is 1.81. The Hall–Kier alpha value is -1.03. The highest BCUT2D eigenvalue weighted by Gasteiger charge is 2.09. The van der Waals surface area contributed by atoms with Crippen LogP contribution in [0.15, 0.2) is 12.4 Å². The van der Waals surface area contributed by atoms with Crippen molar-refractivity contribution in [1.29, 1.82) is 0 Å². The first-order valence-electron chi connectivity index (χ1n) is 4.21. The standard InChI is InChI=1S/C8H16N4/c1-7(2)12(4-3-9)8-5-10-11-6-8/h5-7H,3-4,9H2,1-2H3,(H,10,11). The Morgan fingerprint density at radius 1 is 1.67 bits per heavy atom. The van der Waals surface area contributed by atoms with E-state index in [0.717, 1.165) is 12.2 Å². The van der Waals surface area contributed by atoms with Gasteiger partial charge in [-0.2, -0.15) is 5.10 Å². The van der Waals surface area contributed by atoms with E-state index in [1.54, 1.807) is 0 Å². The molecule has 1 rings (SSSR count). The summed E-state index contributed by atoms with van der Waals surface area (Å²) >= 11 is 0. The Labute approximate surface area is 72.8 Å². The highest BCUT2D eigenvalue weighted by Crippen LogP contribution is 2.12. The second-order valence-corrected chi connectivity index (χ2v) is 3.03. The van der Waals surface area contributed by atoms with E-state index in [4.69, 9.17) is 5.73 Å². The molecule has 0 amide bonds. The maximum absolute atomic E-state index is 5.50. The maximum Gasteiger partial charge on any atom is 0.0752 e. The Morgan fingerprint density at radius 2 is 2.42 bits per heavy atom. The predicted molar refractivity (Wildman–Crippen MR) is 50.1 cm³/mol. The molecule has 0 aromatic carbocycles. The molecule has 0 unspecified atom stereocenters. The van der Waals surface area contributed by atoms with Crippen molar-refractivity contribution in [3.05, 3.63) is 12.4 Å². The highest BCUT2D eigenvalue weighted by molar-refractivity contribution is 5.42. The van der Waals surface area contributed by atoms with Crippen molar-refractivity contribution in [2.24, 2.45) is 5.73 Å². The minimum Gasteiger partial charge on any atom is -0.365 e. The average Bonchev–Trinajstić information content (AvgIpc) is 2.51. The summed E-state index contributed by atoms with van der Waals surface area (Å²) in [5, 5.41) is 6.69. The first-order chi connectivity index (χ1) is 5.75. The number of aromatic amines is 1. The molecule has 1 heterocycles. The molecule has 68 valence electrons. The molecule has 0 aliphatic rings. The molecule has 0 aliphatic heterocycles. The summed E-state index contributed by atoms with van der Waals surface area (Å²) in [7, 11) is 0. The zero-order valence-corrected chi connectivity index (χ0v) is 7.62. The molecule has 0 radical (unpaired) electrons. The van der Waals surface area contributed by atoms with Crippen LogP contribution in [0, 0.1) is 0 Å². The molecule has 4 nitrogen and oxygen atoms in total. The summed E-state index contributed by atoms with van der Waals surface area (Å²) in [4.78, 5) is 2.21. The quantitative estimate of drug-likeness (QED) is 0.691. The van der Waals surface area contributed by atoms with Crippen molar-refractivity contribution in [2.45, 2.75) is 19.9 Å². The summed E-state index contributed by atoms with van der Waals surface area (Å²) in [5.41, 5.74) is 6.61. The van der Waals surface area contributed by atoms with Crippen molar-refractivity contribution in [3.63, 3.8) is 0 Å². The van der Waals surface area contributed by atoms with E-state index in [-0.39, 0.29) is 0 Å². The molecule has 4 heteroatoms. The van der Waals surface area contributed by atoms with Crippen molar-refractivity contribution >= 4 is 5.69 Å². The van der Waals surface area contributed by atoms with Crippen LogP contribution in [0.4, 0.5) is 5.69 Å². The van der Waals surface area contributed by atoms with Crippen LogP contribution < -0.4 is 10.6 Å². The van der Waals surface area contributed by atoms with Gasteiger partial charge in [0.1, 0.15) is 0 Å². The minimum absolute atomic E-state index is 0.464. The average molecular weight is 168 g/mol. The topological polar surface area (TPSA) is 57.9 Å². The second kappa shape index (κ2) is 4.11. The van der Waals surface area contributed by atoms with Gasteiger partial charge in [-0.25, -0.2) is 0 Å². The monoisotopic (exact) mass is 168 g/mol. The van der Waals surface area contributed by atoms with Crippen molar-refractivity contribution < 1.29 is 0 Å². The molecule has 0 aliphatic carbocycles. The van der Waals surface area contributed by atoms with E-state index in [1.807, 2.05) is 12.4 Å². The lowest BCUT2D eigenvalue weighted by atomic mass is 10.3. The first kappa shape index (κ1) is 9.06. The maximum atomic E-state index is 5.50. The molecule has 0 saturated carbocycles. The van der Waals surface area contributed by atoms with E-state index >= 15 is 0 Å². The van der Waals surface area contributed by atoms with Crippen molar-refractivity contribution in [2.75, 3.05) is 18.0 Å². The van der Waals surface area contributed by atoms with Gasteiger partial charge in [-0.15, -0.1) is 0 Å². The second-order valence-electron chi connectivity index (χ2n) is 3.03. The Bertz CT molecular complexity index is 205. The van der Waals surface area contributed by atoms with Crippen LogP contribution in [0.2, 0.25) is 0 Å². The molecule has 1 aromatic rings. The molecule has 0 atom stereocenters. The molecule has 0 fully saturated rings. The third-order valence-electron chi connectivity index (χ3n) is 1.81. The summed E-state index contributed by atoms with van der Waals surface area (Å²) in [6, 6.07) is 0.464. The van der Waals surface area contributed by atoms with Gasteiger partial charge < -0.3 is 10.6 Å². The van der Waals surface area contributed by atoms with Crippen LogP contribution in [0.3, 0.4) is 0 Å². The van der Waals surface area contributed by atoms with Gasteiger partial charge in [-0.1, -0.05) is 0 Å². The normalized spacial score (nSPS) is 10.7. The van der Waals surface area contributed by atoms with Crippen LogP contribution in [0.1, 0.15) is 13.8 Å². The number of rotatable bonds is 4. The molecule has 12 heavy (non-hydrogen) atoms. The molecule has 3 N–H and O–H groups in total. The molecule has 0 saturated heterocycles. The number of nitrogens with one attached hydrogen (secondary N) is 1. The fourth-order valence-electron chi connectivity index (χ4n) is 1.23. The number of H-pyrrole nitrogens is 1. The number of hydrogen-bond acceptors (Lipinski definition) is 3. The third kappa shape index (κ3) is 1.98. The van der Waals surface area contributed by atoms with Gasteiger partial charge in [0, 0.05) is 25.3 Å². The molecular formula is C8H16N4. The van der Waals surface area contributed by atoms with Gasteiger partial charge in [-0.05, 0) is 13.8 Å². The Kier molecular flexibility index (Phi) is 3.10.